The maximum Gasteiger partial charge on any atom is 0.277 e. The molecule has 3 aliphatic rings. The van der Waals surface area contributed by atoms with Crippen LogP contribution >= 0.6 is 0 Å². The van der Waals surface area contributed by atoms with Crippen molar-refractivity contribution in [1.82, 2.24) is 24.4 Å². The predicted molar refractivity (Wildman–Crippen MR) is 115 cm³/mol. The number of amides is 1. The van der Waals surface area contributed by atoms with Crippen LogP contribution in [0.1, 0.15) is 68.4 Å². The molecule has 2 aromatic heterocycles. The molecule has 30 heavy (non-hydrogen) atoms. The van der Waals surface area contributed by atoms with Crippen LogP contribution in [0.25, 0.3) is 5.65 Å². The van der Waals surface area contributed by atoms with Crippen LogP contribution in [-0.2, 0) is 17.8 Å². The van der Waals surface area contributed by atoms with Gasteiger partial charge in [-0.15, -0.1) is 0 Å². The fraction of sp³-hybridized carbons (Fsp3) is 0.609. The lowest BCUT2D eigenvalue weighted by Gasteiger charge is -2.37. The SMILES string of the molecule is CC(=O)N1CCc2nc3cc([C@H]4CCCCN4C[C@H]4CC=CCC4)[nH]n3c(=O)c2C1. The lowest BCUT2D eigenvalue weighted by atomic mass is 9.91. The van der Waals surface area contributed by atoms with Crippen molar-refractivity contribution < 1.29 is 4.79 Å². The lowest BCUT2D eigenvalue weighted by molar-refractivity contribution is -0.129. The number of aromatic amines is 1. The Bertz CT molecular complexity index is 1040. The lowest BCUT2D eigenvalue weighted by Crippen LogP contribution is -2.39. The van der Waals surface area contributed by atoms with Gasteiger partial charge in [0.25, 0.3) is 5.56 Å². The Kier molecular flexibility index (Phi) is 5.23. The molecule has 2 atom stereocenters. The van der Waals surface area contributed by atoms with Crippen LogP contribution < -0.4 is 5.56 Å². The number of allylic oxidation sites excluding steroid dienone is 2. The zero-order valence-corrected chi connectivity index (χ0v) is 17.8. The van der Waals surface area contributed by atoms with E-state index in [0.717, 1.165) is 36.8 Å². The van der Waals surface area contributed by atoms with Crippen LogP contribution in [0.5, 0.6) is 0 Å². The fourth-order valence-electron chi connectivity index (χ4n) is 5.35. The number of aromatic nitrogens is 3. The number of fused-ring (bicyclic) bond motifs is 2. The topological polar surface area (TPSA) is 73.7 Å². The minimum Gasteiger partial charge on any atom is -0.338 e. The first-order valence-corrected chi connectivity index (χ1v) is 11.4. The summed E-state index contributed by atoms with van der Waals surface area (Å²) in [5.41, 5.74) is 3.23. The summed E-state index contributed by atoms with van der Waals surface area (Å²) >= 11 is 0. The van der Waals surface area contributed by atoms with Gasteiger partial charge in [0.2, 0.25) is 5.91 Å². The molecule has 2 aromatic rings. The molecule has 4 heterocycles. The highest BCUT2D eigenvalue weighted by Gasteiger charge is 2.29. The highest BCUT2D eigenvalue weighted by molar-refractivity contribution is 5.73. The minimum absolute atomic E-state index is 0.00715. The Hall–Kier alpha value is -2.41. The van der Waals surface area contributed by atoms with Gasteiger partial charge >= 0.3 is 0 Å². The number of carbonyl (C=O) groups excluding carboxylic acids is 1. The summed E-state index contributed by atoms with van der Waals surface area (Å²) in [6, 6.07) is 2.39. The fourth-order valence-corrected chi connectivity index (χ4v) is 5.35. The normalized spacial score (nSPS) is 24.9. The van der Waals surface area contributed by atoms with E-state index < -0.39 is 0 Å². The number of nitrogens with one attached hydrogen (secondary N) is 1. The first-order valence-electron chi connectivity index (χ1n) is 11.4. The molecule has 1 saturated heterocycles. The molecule has 2 aliphatic heterocycles. The molecule has 0 unspecified atom stereocenters. The quantitative estimate of drug-likeness (QED) is 0.791. The predicted octanol–water partition coefficient (Wildman–Crippen LogP) is 2.81. The number of rotatable bonds is 3. The largest absolute Gasteiger partial charge is 0.338 e. The zero-order valence-electron chi connectivity index (χ0n) is 17.8. The Morgan fingerprint density at radius 3 is 2.93 bits per heavy atom. The first-order chi connectivity index (χ1) is 14.6. The zero-order chi connectivity index (χ0) is 20.7. The Balaban J connectivity index is 1.45. The number of carbonyl (C=O) groups is 1. The number of nitrogens with zero attached hydrogens (tertiary/aromatic N) is 4. The summed E-state index contributed by atoms with van der Waals surface area (Å²) < 4.78 is 1.59. The van der Waals surface area contributed by atoms with Gasteiger partial charge in [0, 0.05) is 32.5 Å². The van der Waals surface area contributed by atoms with Crippen molar-refractivity contribution in [2.24, 2.45) is 5.92 Å². The molecule has 1 fully saturated rings. The van der Waals surface area contributed by atoms with Crippen molar-refractivity contribution in [3.8, 4) is 0 Å². The van der Waals surface area contributed by atoms with Crippen molar-refractivity contribution in [2.45, 2.75) is 64.5 Å². The molecule has 1 aliphatic carbocycles. The van der Waals surface area contributed by atoms with E-state index in [-0.39, 0.29) is 11.5 Å². The van der Waals surface area contributed by atoms with Crippen molar-refractivity contribution in [3.63, 3.8) is 0 Å². The molecule has 0 bridgehead atoms. The summed E-state index contributed by atoms with van der Waals surface area (Å²) in [5.74, 6) is 0.735. The average molecular weight is 410 g/mol. The standard InChI is InChI=1S/C23H31N5O2/c1-16(29)26-12-10-19-18(15-26)23(30)28-22(24-19)13-20(25-28)21-9-5-6-11-27(21)14-17-7-3-2-4-8-17/h2-3,13,17,21,25H,4-12,14-15H2,1H3/t17-,21+/m0/s1. The summed E-state index contributed by atoms with van der Waals surface area (Å²) in [7, 11) is 0. The van der Waals surface area contributed by atoms with E-state index in [1.54, 1.807) is 16.3 Å². The van der Waals surface area contributed by atoms with Gasteiger partial charge in [-0.2, -0.15) is 0 Å². The van der Waals surface area contributed by atoms with Gasteiger partial charge in [-0.1, -0.05) is 18.6 Å². The van der Waals surface area contributed by atoms with Gasteiger partial charge in [-0.25, -0.2) is 9.50 Å². The third-order valence-electron chi connectivity index (χ3n) is 7.07. The first kappa shape index (κ1) is 19.5. The highest BCUT2D eigenvalue weighted by Crippen LogP contribution is 2.33. The number of piperidine rings is 1. The molecule has 7 nitrogen and oxygen atoms in total. The molecule has 0 saturated carbocycles. The summed E-state index contributed by atoms with van der Waals surface area (Å²) in [5, 5.41) is 3.38. The summed E-state index contributed by atoms with van der Waals surface area (Å²) in [6.07, 6.45) is 12.5. The van der Waals surface area contributed by atoms with Crippen LogP contribution in [0.2, 0.25) is 0 Å². The Labute approximate surface area is 176 Å². The van der Waals surface area contributed by atoms with E-state index in [4.69, 9.17) is 4.98 Å². The van der Waals surface area contributed by atoms with Gasteiger partial charge < -0.3 is 4.90 Å². The van der Waals surface area contributed by atoms with Crippen LogP contribution in [0.4, 0.5) is 0 Å². The van der Waals surface area contributed by atoms with E-state index in [9.17, 15) is 9.59 Å². The van der Waals surface area contributed by atoms with Crippen LogP contribution in [-0.4, -0.2) is 49.9 Å². The molecular formula is C23H31N5O2. The van der Waals surface area contributed by atoms with Crippen LogP contribution in [0.3, 0.4) is 0 Å². The highest BCUT2D eigenvalue weighted by atomic mass is 16.2. The molecule has 1 amide bonds. The number of likely N-dealkylation sites (tertiary alicyclic amines) is 1. The molecule has 0 aromatic carbocycles. The number of hydrogen-bond donors (Lipinski definition) is 1. The van der Waals surface area contributed by atoms with E-state index in [1.807, 2.05) is 0 Å². The molecule has 160 valence electrons. The molecule has 5 rings (SSSR count). The van der Waals surface area contributed by atoms with Crippen LogP contribution in [0, 0.1) is 5.92 Å². The second-order valence-corrected chi connectivity index (χ2v) is 9.09. The molecule has 0 radical (unpaired) electrons. The molecule has 1 N–H and O–H groups in total. The number of H-pyrrole nitrogens is 1. The van der Waals surface area contributed by atoms with Crippen LogP contribution in [0.15, 0.2) is 23.0 Å². The van der Waals surface area contributed by atoms with Crippen molar-refractivity contribution >= 4 is 11.6 Å². The van der Waals surface area contributed by atoms with E-state index in [0.29, 0.717) is 36.8 Å². The van der Waals surface area contributed by atoms with Gasteiger partial charge in [-0.05, 0) is 44.6 Å². The number of hydrogen-bond acceptors (Lipinski definition) is 4. The second-order valence-electron chi connectivity index (χ2n) is 9.09. The van der Waals surface area contributed by atoms with Crippen molar-refractivity contribution in [3.05, 3.63) is 45.5 Å². The maximum absolute atomic E-state index is 13.2. The van der Waals surface area contributed by atoms with Gasteiger partial charge in [0.1, 0.15) is 0 Å². The van der Waals surface area contributed by atoms with Crippen molar-refractivity contribution in [2.75, 3.05) is 19.6 Å². The summed E-state index contributed by atoms with van der Waals surface area (Å²) in [4.78, 5) is 34.1. The third kappa shape index (κ3) is 3.60. The molecule has 7 heteroatoms. The monoisotopic (exact) mass is 409 g/mol. The molecular weight excluding hydrogens is 378 g/mol. The second kappa shape index (κ2) is 8.02. The van der Waals surface area contributed by atoms with Crippen molar-refractivity contribution in [1.29, 1.82) is 0 Å². The van der Waals surface area contributed by atoms with E-state index in [1.165, 1.54) is 32.1 Å². The third-order valence-corrected chi connectivity index (χ3v) is 7.07. The average Bonchev–Trinajstić information content (AvgIpc) is 3.19. The summed E-state index contributed by atoms with van der Waals surface area (Å²) in [6.45, 7) is 4.79. The Morgan fingerprint density at radius 1 is 1.23 bits per heavy atom. The van der Waals surface area contributed by atoms with Gasteiger partial charge in [-0.3, -0.25) is 19.6 Å². The van der Waals surface area contributed by atoms with E-state index >= 15 is 0 Å². The minimum atomic E-state index is -0.0630. The smallest absolute Gasteiger partial charge is 0.277 e. The maximum atomic E-state index is 13.2. The van der Waals surface area contributed by atoms with E-state index in [2.05, 4.69) is 28.2 Å². The van der Waals surface area contributed by atoms with Gasteiger partial charge in [0.15, 0.2) is 5.65 Å². The van der Waals surface area contributed by atoms with Gasteiger partial charge in [0.05, 0.1) is 29.5 Å². The Morgan fingerprint density at radius 2 is 2.13 bits per heavy atom. The molecule has 0 spiro atoms.